The van der Waals surface area contributed by atoms with E-state index in [1.807, 2.05) is 31.2 Å². The number of nitrogens with zero attached hydrogens (tertiary/aromatic N) is 2. The van der Waals surface area contributed by atoms with E-state index in [1.54, 1.807) is 13.8 Å². The molecule has 1 fully saturated rings. The predicted octanol–water partition coefficient (Wildman–Crippen LogP) is 3.08. The van der Waals surface area contributed by atoms with Crippen molar-refractivity contribution in [2.75, 3.05) is 19.7 Å². The van der Waals surface area contributed by atoms with Gasteiger partial charge in [-0.25, -0.2) is 8.42 Å². The van der Waals surface area contributed by atoms with E-state index in [-0.39, 0.29) is 4.90 Å². The zero-order valence-corrected chi connectivity index (χ0v) is 15.7. The summed E-state index contributed by atoms with van der Waals surface area (Å²) in [7, 11) is -3.54. The highest BCUT2D eigenvalue weighted by molar-refractivity contribution is 7.89. The molecule has 1 aromatic heterocycles. The molecular weight excluding hydrogens is 340 g/mol. The summed E-state index contributed by atoms with van der Waals surface area (Å²) in [6, 6.07) is 7.97. The van der Waals surface area contributed by atoms with Gasteiger partial charge in [-0.3, -0.25) is 0 Å². The van der Waals surface area contributed by atoms with Gasteiger partial charge < -0.3 is 9.26 Å². The molecule has 0 atom stereocenters. The van der Waals surface area contributed by atoms with Gasteiger partial charge >= 0.3 is 0 Å². The van der Waals surface area contributed by atoms with Crippen LogP contribution in [0.2, 0.25) is 0 Å². The van der Waals surface area contributed by atoms with Crippen molar-refractivity contribution in [2.45, 2.75) is 38.5 Å². The number of ether oxygens (including phenoxy) is 1. The third-order valence-corrected chi connectivity index (χ3v) is 6.79. The number of aryl methyl sites for hydroxylation is 3. The lowest BCUT2D eigenvalue weighted by Gasteiger charge is -2.31. The molecule has 0 N–H and O–H groups in total. The van der Waals surface area contributed by atoms with Crippen LogP contribution >= 0.6 is 0 Å². The van der Waals surface area contributed by atoms with Gasteiger partial charge in [0.15, 0.2) is 5.76 Å². The first-order valence-corrected chi connectivity index (χ1v) is 9.94. The van der Waals surface area contributed by atoms with Gasteiger partial charge in [-0.15, -0.1) is 0 Å². The lowest BCUT2D eigenvalue weighted by molar-refractivity contribution is 0.185. The van der Waals surface area contributed by atoms with E-state index in [9.17, 15) is 8.42 Å². The first-order chi connectivity index (χ1) is 11.9. The predicted molar refractivity (Wildman–Crippen MR) is 94.1 cm³/mol. The van der Waals surface area contributed by atoms with E-state index in [1.165, 1.54) is 9.87 Å². The summed E-state index contributed by atoms with van der Waals surface area (Å²) >= 11 is 0. The van der Waals surface area contributed by atoms with Crippen molar-refractivity contribution in [3.63, 3.8) is 0 Å². The molecule has 0 saturated carbocycles. The highest BCUT2D eigenvalue weighted by Crippen LogP contribution is 2.28. The van der Waals surface area contributed by atoms with Crippen LogP contribution in [0.1, 0.15) is 29.9 Å². The standard InChI is InChI=1S/C18H24N2O4S/c1-13-4-6-17(7-5-13)23-12-16-8-10-20(11-9-16)25(21,22)18-14(2)19-24-15(18)3/h4-7,16H,8-12H2,1-3H3. The maximum atomic E-state index is 12.8. The third-order valence-electron chi connectivity index (χ3n) is 4.65. The molecule has 0 unspecified atom stereocenters. The molecule has 25 heavy (non-hydrogen) atoms. The van der Waals surface area contributed by atoms with E-state index < -0.39 is 10.0 Å². The minimum atomic E-state index is -3.54. The monoisotopic (exact) mass is 364 g/mol. The van der Waals surface area contributed by atoms with Crippen LogP contribution in [0.5, 0.6) is 5.75 Å². The van der Waals surface area contributed by atoms with Gasteiger partial charge in [0, 0.05) is 13.1 Å². The summed E-state index contributed by atoms with van der Waals surface area (Å²) in [6.45, 7) is 6.93. The average molecular weight is 364 g/mol. The molecule has 2 heterocycles. The Morgan fingerprint density at radius 3 is 2.36 bits per heavy atom. The molecule has 0 amide bonds. The van der Waals surface area contributed by atoms with Crippen molar-refractivity contribution in [3.05, 3.63) is 41.3 Å². The molecule has 136 valence electrons. The fraction of sp³-hybridized carbons (Fsp3) is 0.500. The number of sulfonamides is 1. The van der Waals surface area contributed by atoms with E-state index >= 15 is 0 Å². The molecule has 0 aliphatic carbocycles. The van der Waals surface area contributed by atoms with Crippen LogP contribution in [0, 0.1) is 26.7 Å². The summed E-state index contributed by atoms with van der Waals surface area (Å²) in [5, 5.41) is 3.76. The number of benzene rings is 1. The molecule has 7 heteroatoms. The van der Waals surface area contributed by atoms with Gasteiger partial charge in [0.25, 0.3) is 0 Å². The first kappa shape index (κ1) is 17.9. The van der Waals surface area contributed by atoms with Crippen LogP contribution in [0.4, 0.5) is 0 Å². The summed E-state index contributed by atoms with van der Waals surface area (Å²) in [5.41, 5.74) is 1.62. The van der Waals surface area contributed by atoms with Crippen LogP contribution in [-0.2, 0) is 10.0 Å². The Labute approximate surface area is 148 Å². The van der Waals surface area contributed by atoms with Crippen molar-refractivity contribution in [1.82, 2.24) is 9.46 Å². The maximum absolute atomic E-state index is 12.8. The van der Waals surface area contributed by atoms with Gasteiger partial charge in [0.2, 0.25) is 10.0 Å². The second-order valence-electron chi connectivity index (χ2n) is 6.62. The van der Waals surface area contributed by atoms with E-state index in [2.05, 4.69) is 5.16 Å². The van der Waals surface area contributed by atoms with Crippen LogP contribution in [0.15, 0.2) is 33.7 Å². The van der Waals surface area contributed by atoms with Crippen LogP contribution in [0.3, 0.4) is 0 Å². The van der Waals surface area contributed by atoms with Crippen molar-refractivity contribution >= 4 is 10.0 Å². The molecule has 0 bridgehead atoms. The molecule has 2 aromatic rings. The van der Waals surface area contributed by atoms with Gasteiger partial charge in [0.1, 0.15) is 16.3 Å². The number of hydrogen-bond donors (Lipinski definition) is 0. The summed E-state index contributed by atoms with van der Waals surface area (Å²) in [6.07, 6.45) is 1.57. The van der Waals surface area contributed by atoms with Crippen LogP contribution in [-0.4, -0.2) is 37.6 Å². The summed E-state index contributed by atoms with van der Waals surface area (Å²) < 4.78 is 38.0. The van der Waals surface area contributed by atoms with Gasteiger partial charge in [-0.1, -0.05) is 22.9 Å². The Balaban J connectivity index is 1.57. The SMILES string of the molecule is Cc1ccc(OCC2CCN(S(=O)(=O)c3c(C)noc3C)CC2)cc1. The lowest BCUT2D eigenvalue weighted by Crippen LogP contribution is -2.40. The zero-order valence-electron chi connectivity index (χ0n) is 14.9. The highest BCUT2D eigenvalue weighted by Gasteiger charge is 2.33. The fourth-order valence-electron chi connectivity index (χ4n) is 3.14. The Bertz CT molecular complexity index is 800. The van der Waals surface area contributed by atoms with Gasteiger partial charge in [-0.05, 0) is 51.7 Å². The molecule has 6 nitrogen and oxygen atoms in total. The molecule has 1 aromatic carbocycles. The van der Waals surface area contributed by atoms with Crippen LogP contribution in [0.25, 0.3) is 0 Å². The quantitative estimate of drug-likeness (QED) is 0.815. The second-order valence-corrected chi connectivity index (χ2v) is 8.50. The average Bonchev–Trinajstić information content (AvgIpc) is 2.94. The maximum Gasteiger partial charge on any atom is 0.248 e. The minimum Gasteiger partial charge on any atom is -0.493 e. The Morgan fingerprint density at radius 1 is 1.16 bits per heavy atom. The van der Waals surface area contributed by atoms with E-state index in [0.29, 0.717) is 37.1 Å². The Hall–Kier alpha value is -1.86. The van der Waals surface area contributed by atoms with Crippen molar-refractivity contribution in [1.29, 1.82) is 0 Å². The van der Waals surface area contributed by atoms with Crippen molar-refractivity contribution in [2.24, 2.45) is 5.92 Å². The molecule has 1 aliphatic rings. The third kappa shape index (κ3) is 3.88. The molecule has 0 spiro atoms. The van der Waals surface area contributed by atoms with Gasteiger partial charge in [0.05, 0.1) is 6.61 Å². The lowest BCUT2D eigenvalue weighted by atomic mass is 9.99. The zero-order chi connectivity index (χ0) is 18.0. The highest BCUT2D eigenvalue weighted by atomic mass is 32.2. The van der Waals surface area contributed by atoms with E-state index in [4.69, 9.17) is 9.26 Å². The molecular formula is C18H24N2O4S. The summed E-state index contributed by atoms with van der Waals surface area (Å²) in [4.78, 5) is 0.210. The number of piperidine rings is 1. The second kappa shape index (κ2) is 7.17. The van der Waals surface area contributed by atoms with Crippen molar-refractivity contribution < 1.29 is 17.7 Å². The van der Waals surface area contributed by atoms with Gasteiger partial charge in [-0.2, -0.15) is 4.31 Å². The molecule has 0 radical (unpaired) electrons. The molecule has 1 aliphatic heterocycles. The smallest absolute Gasteiger partial charge is 0.248 e. The first-order valence-electron chi connectivity index (χ1n) is 8.50. The summed E-state index contributed by atoms with van der Waals surface area (Å²) in [5.74, 6) is 1.57. The topological polar surface area (TPSA) is 72.6 Å². The Morgan fingerprint density at radius 2 is 1.80 bits per heavy atom. The molecule has 1 saturated heterocycles. The fourth-order valence-corrected chi connectivity index (χ4v) is 4.90. The normalized spacial score (nSPS) is 16.9. The Kier molecular flexibility index (Phi) is 5.15. The molecule has 3 rings (SSSR count). The van der Waals surface area contributed by atoms with Crippen molar-refractivity contribution in [3.8, 4) is 5.75 Å². The number of aromatic nitrogens is 1. The largest absolute Gasteiger partial charge is 0.493 e. The number of hydrogen-bond acceptors (Lipinski definition) is 5. The number of rotatable bonds is 5. The minimum absolute atomic E-state index is 0.210. The van der Waals surface area contributed by atoms with E-state index in [0.717, 1.165) is 18.6 Å². The van der Waals surface area contributed by atoms with Crippen LogP contribution < -0.4 is 4.74 Å².